The molecule has 1 aliphatic rings. The monoisotopic (exact) mass is 388 g/mol. The number of sulfonamides is 1. The fraction of sp³-hybridized carbons (Fsp3) is 0.263. The van der Waals surface area contributed by atoms with E-state index in [2.05, 4.69) is 10.0 Å². The molecule has 1 heterocycles. The minimum atomic E-state index is -3.94. The Kier molecular flexibility index (Phi) is 5.29. The van der Waals surface area contributed by atoms with Gasteiger partial charge in [-0.2, -0.15) is 0 Å². The van der Waals surface area contributed by atoms with Crippen molar-refractivity contribution >= 4 is 27.6 Å². The van der Waals surface area contributed by atoms with E-state index in [1.54, 1.807) is 30.3 Å². The zero-order valence-electron chi connectivity index (χ0n) is 14.7. The molecule has 8 heteroatoms. The van der Waals surface area contributed by atoms with Gasteiger partial charge in [0.2, 0.25) is 15.9 Å². The first-order valence-corrected chi connectivity index (χ1v) is 9.96. The Morgan fingerprint density at radius 1 is 1.19 bits per heavy atom. The number of carboxylic acids is 1. The minimum absolute atomic E-state index is 0.0416. The minimum Gasteiger partial charge on any atom is -0.481 e. The topological polar surface area (TPSA) is 113 Å². The van der Waals surface area contributed by atoms with Crippen LogP contribution in [0.3, 0.4) is 0 Å². The summed E-state index contributed by atoms with van der Waals surface area (Å²) < 4.78 is 28.1. The number of benzene rings is 2. The van der Waals surface area contributed by atoms with Crippen molar-refractivity contribution in [3.63, 3.8) is 0 Å². The number of rotatable bonds is 6. The molecule has 0 saturated heterocycles. The van der Waals surface area contributed by atoms with Gasteiger partial charge in [-0.15, -0.1) is 0 Å². The maximum absolute atomic E-state index is 12.8. The highest BCUT2D eigenvalue weighted by Crippen LogP contribution is 2.27. The van der Waals surface area contributed by atoms with Crippen LogP contribution in [0, 0.1) is 6.92 Å². The van der Waals surface area contributed by atoms with Gasteiger partial charge in [-0.1, -0.05) is 29.8 Å². The van der Waals surface area contributed by atoms with E-state index in [9.17, 15) is 23.1 Å². The molecule has 2 aromatic carbocycles. The van der Waals surface area contributed by atoms with E-state index in [-0.39, 0.29) is 17.2 Å². The molecule has 7 nitrogen and oxygen atoms in total. The van der Waals surface area contributed by atoms with Crippen LogP contribution in [-0.4, -0.2) is 25.4 Å². The van der Waals surface area contributed by atoms with Crippen molar-refractivity contribution in [2.45, 2.75) is 37.1 Å². The van der Waals surface area contributed by atoms with E-state index in [4.69, 9.17) is 0 Å². The second kappa shape index (κ2) is 7.50. The molecule has 0 bridgehead atoms. The molecule has 0 saturated carbocycles. The number of aryl methyl sites for hydroxylation is 2. The first kappa shape index (κ1) is 19.1. The first-order valence-electron chi connectivity index (χ1n) is 8.48. The number of fused-ring (bicyclic) bond motifs is 1. The summed E-state index contributed by atoms with van der Waals surface area (Å²) in [5.41, 5.74) is 2.91. The molecule has 0 radical (unpaired) electrons. The van der Waals surface area contributed by atoms with Crippen molar-refractivity contribution in [3.05, 3.63) is 59.2 Å². The lowest BCUT2D eigenvalue weighted by Crippen LogP contribution is -2.30. The van der Waals surface area contributed by atoms with Gasteiger partial charge in [0.1, 0.15) is 0 Å². The number of aliphatic carboxylic acids is 1. The maximum Gasteiger partial charge on any atom is 0.305 e. The highest BCUT2D eigenvalue weighted by Gasteiger charge is 2.25. The van der Waals surface area contributed by atoms with Crippen molar-refractivity contribution in [1.29, 1.82) is 0 Å². The third kappa shape index (κ3) is 4.53. The Balaban J connectivity index is 1.89. The Bertz CT molecular complexity index is 984. The predicted octanol–water partition coefficient (Wildman–Crippen LogP) is 2.37. The van der Waals surface area contributed by atoms with Crippen molar-refractivity contribution in [1.82, 2.24) is 4.72 Å². The lowest BCUT2D eigenvalue weighted by atomic mass is 10.0. The van der Waals surface area contributed by atoms with Gasteiger partial charge in [0.25, 0.3) is 0 Å². The van der Waals surface area contributed by atoms with Crippen LogP contribution in [-0.2, 0) is 26.0 Å². The van der Waals surface area contributed by atoms with Gasteiger partial charge < -0.3 is 10.4 Å². The fourth-order valence-corrected chi connectivity index (χ4v) is 4.26. The Labute approximate surface area is 157 Å². The zero-order valence-corrected chi connectivity index (χ0v) is 15.5. The molecule has 2 aromatic rings. The summed E-state index contributed by atoms with van der Waals surface area (Å²) in [5.74, 6) is -1.20. The summed E-state index contributed by atoms with van der Waals surface area (Å²) >= 11 is 0. The molecule has 0 aliphatic carbocycles. The van der Waals surface area contributed by atoms with E-state index in [0.29, 0.717) is 24.1 Å². The average molecular weight is 388 g/mol. The lowest BCUT2D eigenvalue weighted by molar-refractivity contribution is -0.137. The molecule has 27 heavy (non-hydrogen) atoms. The number of carbonyl (C=O) groups excluding carboxylic acids is 1. The number of amides is 1. The number of carbonyl (C=O) groups is 2. The number of carboxylic acid groups (broad SMARTS) is 1. The second-order valence-corrected chi connectivity index (χ2v) is 8.26. The zero-order chi connectivity index (χ0) is 19.6. The number of hydrogen-bond donors (Lipinski definition) is 3. The Hall–Kier alpha value is -2.71. The molecular formula is C19H20N2O5S. The van der Waals surface area contributed by atoms with E-state index >= 15 is 0 Å². The molecule has 0 unspecified atom stereocenters. The molecule has 3 rings (SSSR count). The van der Waals surface area contributed by atoms with E-state index in [1.807, 2.05) is 6.92 Å². The normalized spacial score (nSPS) is 14.9. The Morgan fingerprint density at radius 3 is 2.56 bits per heavy atom. The predicted molar refractivity (Wildman–Crippen MR) is 99.9 cm³/mol. The smallest absolute Gasteiger partial charge is 0.305 e. The molecule has 0 spiro atoms. The maximum atomic E-state index is 12.8. The van der Waals surface area contributed by atoms with Crippen molar-refractivity contribution in [2.75, 3.05) is 5.32 Å². The summed E-state index contributed by atoms with van der Waals surface area (Å²) in [5, 5.41) is 11.9. The van der Waals surface area contributed by atoms with Crippen LogP contribution in [0.4, 0.5) is 5.69 Å². The second-order valence-electron chi connectivity index (χ2n) is 6.55. The average Bonchev–Trinajstić information content (AvgIpc) is 2.60. The van der Waals surface area contributed by atoms with Crippen molar-refractivity contribution in [3.8, 4) is 0 Å². The van der Waals surface area contributed by atoms with Crippen LogP contribution in [0.15, 0.2) is 47.4 Å². The van der Waals surface area contributed by atoms with Crippen LogP contribution in [0.2, 0.25) is 0 Å². The van der Waals surface area contributed by atoms with Crippen LogP contribution >= 0.6 is 0 Å². The van der Waals surface area contributed by atoms with Gasteiger partial charge in [0, 0.05) is 12.1 Å². The van der Waals surface area contributed by atoms with Crippen LogP contribution < -0.4 is 10.0 Å². The highest BCUT2D eigenvalue weighted by molar-refractivity contribution is 7.89. The Morgan fingerprint density at radius 2 is 1.89 bits per heavy atom. The molecular weight excluding hydrogens is 368 g/mol. The summed E-state index contributed by atoms with van der Waals surface area (Å²) in [6.07, 6.45) is 0.388. The van der Waals surface area contributed by atoms with Crippen molar-refractivity contribution in [2.24, 2.45) is 0 Å². The first-order chi connectivity index (χ1) is 12.7. The van der Waals surface area contributed by atoms with E-state index in [1.165, 1.54) is 12.1 Å². The van der Waals surface area contributed by atoms with Gasteiger partial charge in [-0.3, -0.25) is 9.59 Å². The van der Waals surface area contributed by atoms with Gasteiger partial charge in [0.15, 0.2) is 0 Å². The standard InChI is InChI=1S/C19H20N2O5S/c1-12-2-4-13(5-3-12)17(11-19(23)24)21-27(25,26)15-7-8-16-14(10-15)6-9-18(22)20-16/h2-5,7-8,10,17,21H,6,9,11H2,1H3,(H,20,22)(H,23,24)/t17-/m1/s1. The van der Waals surface area contributed by atoms with E-state index < -0.39 is 22.0 Å². The van der Waals surface area contributed by atoms with Crippen molar-refractivity contribution < 1.29 is 23.1 Å². The van der Waals surface area contributed by atoms with E-state index in [0.717, 1.165) is 11.1 Å². The third-order valence-corrected chi connectivity index (χ3v) is 5.91. The number of anilines is 1. The van der Waals surface area contributed by atoms with Gasteiger partial charge in [-0.05, 0) is 42.7 Å². The summed E-state index contributed by atoms with van der Waals surface area (Å²) in [4.78, 5) is 22.7. The third-order valence-electron chi connectivity index (χ3n) is 4.44. The number of hydrogen-bond acceptors (Lipinski definition) is 4. The molecule has 1 amide bonds. The largest absolute Gasteiger partial charge is 0.481 e. The molecule has 3 N–H and O–H groups in total. The van der Waals surface area contributed by atoms with Gasteiger partial charge >= 0.3 is 5.97 Å². The highest BCUT2D eigenvalue weighted by atomic mass is 32.2. The molecule has 0 fully saturated rings. The van der Waals surface area contributed by atoms with Gasteiger partial charge in [-0.25, -0.2) is 13.1 Å². The number of nitrogens with one attached hydrogen (secondary N) is 2. The quantitative estimate of drug-likeness (QED) is 0.703. The summed E-state index contributed by atoms with van der Waals surface area (Å²) in [7, 11) is -3.94. The SMILES string of the molecule is Cc1ccc([C@@H](CC(=O)O)NS(=O)(=O)c2ccc3c(c2)CCC(=O)N3)cc1. The molecule has 1 atom stereocenters. The molecule has 142 valence electrons. The van der Waals surface area contributed by atoms with Crippen LogP contribution in [0.5, 0.6) is 0 Å². The lowest BCUT2D eigenvalue weighted by Gasteiger charge is -2.20. The van der Waals surface area contributed by atoms with Crippen LogP contribution in [0.25, 0.3) is 0 Å². The van der Waals surface area contributed by atoms with Gasteiger partial charge in [0.05, 0.1) is 17.4 Å². The molecule has 1 aliphatic heterocycles. The fourth-order valence-electron chi connectivity index (χ4n) is 2.98. The molecule has 0 aromatic heterocycles. The summed E-state index contributed by atoms with van der Waals surface area (Å²) in [6, 6.07) is 10.6. The van der Waals surface area contributed by atoms with Crippen LogP contribution in [0.1, 0.15) is 35.6 Å². The summed E-state index contributed by atoms with van der Waals surface area (Å²) in [6.45, 7) is 1.89.